The fraction of sp³-hybridized carbons (Fsp3) is 0.333. The zero-order chi connectivity index (χ0) is 13.8. The maximum atomic E-state index is 11.5. The Bertz CT molecular complexity index is 467. The van der Waals surface area contributed by atoms with E-state index in [0.717, 1.165) is 4.47 Å². The molecule has 1 amide bonds. The lowest BCUT2D eigenvalue weighted by Gasteiger charge is -2.21. The van der Waals surface area contributed by atoms with Crippen LogP contribution in [-0.2, 0) is 4.79 Å². The number of amides is 1. The third-order valence-electron chi connectivity index (χ3n) is 2.00. The highest BCUT2D eigenvalue weighted by Crippen LogP contribution is 2.19. The van der Waals surface area contributed by atoms with Gasteiger partial charge in [-0.2, -0.15) is 5.10 Å². The fourth-order valence-electron chi connectivity index (χ4n) is 1.27. The van der Waals surface area contributed by atoms with Crippen LogP contribution in [0.1, 0.15) is 5.56 Å². The third-order valence-corrected chi connectivity index (χ3v) is 2.49. The molecular formula is C12H17BrN3O2+. The highest BCUT2D eigenvalue weighted by atomic mass is 79.9. The second-order valence-electron chi connectivity index (χ2n) is 4.94. The van der Waals surface area contributed by atoms with Gasteiger partial charge in [-0.05, 0) is 18.2 Å². The number of phenolic OH excluding ortho intramolecular Hbond substituents is 1. The quantitative estimate of drug-likeness (QED) is 0.500. The van der Waals surface area contributed by atoms with Crippen molar-refractivity contribution in [2.24, 2.45) is 5.10 Å². The minimum atomic E-state index is -0.173. The van der Waals surface area contributed by atoms with Crippen molar-refractivity contribution in [3.8, 4) is 5.75 Å². The summed E-state index contributed by atoms with van der Waals surface area (Å²) in [5.41, 5.74) is 2.96. The summed E-state index contributed by atoms with van der Waals surface area (Å²) in [4.78, 5) is 11.5. The first-order chi connectivity index (χ1) is 8.28. The molecule has 5 nitrogen and oxygen atoms in total. The van der Waals surface area contributed by atoms with Gasteiger partial charge in [-0.25, -0.2) is 5.43 Å². The molecule has 0 aliphatic rings. The highest BCUT2D eigenvalue weighted by molar-refractivity contribution is 9.10. The van der Waals surface area contributed by atoms with Crippen LogP contribution in [0.3, 0.4) is 0 Å². The van der Waals surface area contributed by atoms with Gasteiger partial charge in [-0.1, -0.05) is 15.9 Å². The Labute approximate surface area is 115 Å². The van der Waals surface area contributed by atoms with E-state index >= 15 is 0 Å². The van der Waals surface area contributed by atoms with Gasteiger partial charge >= 0.3 is 0 Å². The normalized spacial score (nSPS) is 11.8. The lowest BCUT2D eigenvalue weighted by Crippen LogP contribution is -2.43. The number of hydrogen-bond acceptors (Lipinski definition) is 3. The van der Waals surface area contributed by atoms with Crippen molar-refractivity contribution in [2.45, 2.75) is 0 Å². The van der Waals surface area contributed by atoms with Crippen molar-refractivity contribution in [3.63, 3.8) is 0 Å². The zero-order valence-electron chi connectivity index (χ0n) is 10.6. The van der Waals surface area contributed by atoms with Crippen LogP contribution in [0.4, 0.5) is 0 Å². The fourth-order valence-corrected chi connectivity index (χ4v) is 1.65. The predicted octanol–water partition coefficient (Wildman–Crippen LogP) is 1.31. The number of nitrogens with one attached hydrogen (secondary N) is 1. The molecule has 0 saturated heterocycles. The predicted molar refractivity (Wildman–Crippen MR) is 74.4 cm³/mol. The molecule has 0 bridgehead atoms. The van der Waals surface area contributed by atoms with Gasteiger partial charge in [0.1, 0.15) is 5.75 Å². The SMILES string of the molecule is C[N+](C)(C)CC(=O)NN=Cc1cc(Br)ccc1O. The number of hydrazone groups is 1. The van der Waals surface area contributed by atoms with Crippen molar-refractivity contribution in [3.05, 3.63) is 28.2 Å². The molecule has 1 rings (SSSR count). The summed E-state index contributed by atoms with van der Waals surface area (Å²) in [6.45, 7) is 0.335. The Balaban J connectivity index is 2.60. The molecule has 18 heavy (non-hydrogen) atoms. The molecule has 98 valence electrons. The van der Waals surface area contributed by atoms with Gasteiger partial charge in [0.05, 0.1) is 27.4 Å². The van der Waals surface area contributed by atoms with Crippen LogP contribution < -0.4 is 5.43 Å². The Morgan fingerprint density at radius 2 is 2.17 bits per heavy atom. The monoisotopic (exact) mass is 314 g/mol. The van der Waals surface area contributed by atoms with Crippen LogP contribution >= 0.6 is 15.9 Å². The van der Waals surface area contributed by atoms with E-state index in [4.69, 9.17) is 0 Å². The summed E-state index contributed by atoms with van der Waals surface area (Å²) in [6.07, 6.45) is 1.41. The lowest BCUT2D eigenvalue weighted by molar-refractivity contribution is -0.862. The Hall–Kier alpha value is -1.40. The first-order valence-electron chi connectivity index (χ1n) is 5.39. The Kier molecular flexibility index (Phi) is 4.86. The second-order valence-corrected chi connectivity index (χ2v) is 5.86. The summed E-state index contributed by atoms with van der Waals surface area (Å²) in [5.74, 6) is -0.0592. The molecule has 1 aromatic carbocycles. The largest absolute Gasteiger partial charge is 0.507 e. The van der Waals surface area contributed by atoms with E-state index < -0.39 is 0 Å². The molecule has 0 aromatic heterocycles. The molecule has 0 atom stereocenters. The topological polar surface area (TPSA) is 61.7 Å². The Morgan fingerprint density at radius 1 is 1.50 bits per heavy atom. The number of carbonyl (C=O) groups is 1. The number of carbonyl (C=O) groups excluding carboxylic acids is 1. The van der Waals surface area contributed by atoms with E-state index in [1.807, 2.05) is 21.1 Å². The number of aromatic hydroxyl groups is 1. The number of nitrogens with zero attached hydrogens (tertiary/aromatic N) is 2. The summed E-state index contributed by atoms with van der Waals surface area (Å²) < 4.78 is 1.36. The van der Waals surface area contributed by atoms with E-state index in [9.17, 15) is 9.90 Å². The van der Waals surface area contributed by atoms with Gasteiger partial charge in [0.25, 0.3) is 5.91 Å². The van der Waals surface area contributed by atoms with Gasteiger partial charge in [0, 0.05) is 10.0 Å². The average Bonchev–Trinajstić information content (AvgIpc) is 2.20. The maximum Gasteiger partial charge on any atom is 0.295 e. The molecule has 2 N–H and O–H groups in total. The molecule has 0 aliphatic heterocycles. The van der Waals surface area contributed by atoms with E-state index in [0.29, 0.717) is 16.6 Å². The number of benzene rings is 1. The van der Waals surface area contributed by atoms with Crippen molar-refractivity contribution in [1.29, 1.82) is 0 Å². The molecule has 0 spiro atoms. The van der Waals surface area contributed by atoms with E-state index in [1.165, 1.54) is 6.21 Å². The minimum Gasteiger partial charge on any atom is -0.507 e. The highest BCUT2D eigenvalue weighted by Gasteiger charge is 2.13. The summed E-state index contributed by atoms with van der Waals surface area (Å²) in [6, 6.07) is 4.99. The van der Waals surface area contributed by atoms with E-state index in [2.05, 4.69) is 26.5 Å². The van der Waals surface area contributed by atoms with Crippen LogP contribution in [0.15, 0.2) is 27.8 Å². The number of quaternary nitrogens is 1. The van der Waals surface area contributed by atoms with Crippen LogP contribution in [0.25, 0.3) is 0 Å². The van der Waals surface area contributed by atoms with Gasteiger partial charge in [0.15, 0.2) is 6.54 Å². The Morgan fingerprint density at radius 3 is 2.78 bits per heavy atom. The number of likely N-dealkylation sites (N-methyl/N-ethyl adjacent to an activating group) is 1. The average molecular weight is 315 g/mol. The first-order valence-corrected chi connectivity index (χ1v) is 6.18. The molecule has 0 unspecified atom stereocenters. The summed E-state index contributed by atoms with van der Waals surface area (Å²) in [5, 5.41) is 13.4. The number of halogens is 1. The molecule has 1 aromatic rings. The van der Waals surface area contributed by atoms with Crippen LogP contribution in [0.2, 0.25) is 0 Å². The first kappa shape index (κ1) is 14.7. The smallest absolute Gasteiger partial charge is 0.295 e. The molecule has 0 radical (unpaired) electrons. The van der Waals surface area contributed by atoms with Gasteiger partial charge in [0.2, 0.25) is 0 Å². The van der Waals surface area contributed by atoms with Crippen molar-refractivity contribution < 1.29 is 14.4 Å². The van der Waals surface area contributed by atoms with Crippen LogP contribution in [0, 0.1) is 0 Å². The molecule has 0 heterocycles. The standard InChI is InChI=1S/C12H16BrN3O2/c1-16(2,3)8-12(18)15-14-7-9-6-10(13)4-5-11(9)17/h4-7H,8H2,1-3H3,(H-,14,15,17,18)/p+1. The van der Waals surface area contributed by atoms with E-state index in [1.54, 1.807) is 18.2 Å². The number of phenols is 1. The van der Waals surface area contributed by atoms with Crippen LogP contribution in [-0.4, -0.2) is 49.4 Å². The molecule has 0 aliphatic carbocycles. The van der Waals surface area contributed by atoms with Crippen molar-refractivity contribution >= 4 is 28.1 Å². The van der Waals surface area contributed by atoms with Gasteiger partial charge < -0.3 is 9.59 Å². The van der Waals surface area contributed by atoms with Crippen molar-refractivity contribution in [2.75, 3.05) is 27.7 Å². The molecular weight excluding hydrogens is 298 g/mol. The number of rotatable bonds is 4. The second kappa shape index (κ2) is 5.97. The summed E-state index contributed by atoms with van der Waals surface area (Å²) in [7, 11) is 5.76. The molecule has 0 fully saturated rings. The maximum absolute atomic E-state index is 11.5. The van der Waals surface area contributed by atoms with Crippen LogP contribution in [0.5, 0.6) is 5.75 Å². The van der Waals surface area contributed by atoms with Crippen molar-refractivity contribution in [1.82, 2.24) is 5.43 Å². The molecule has 0 saturated carbocycles. The van der Waals surface area contributed by atoms with Gasteiger partial charge in [-0.3, -0.25) is 4.79 Å². The molecule has 6 heteroatoms. The zero-order valence-corrected chi connectivity index (χ0v) is 12.2. The lowest BCUT2D eigenvalue weighted by atomic mass is 10.2. The van der Waals surface area contributed by atoms with Gasteiger partial charge in [-0.15, -0.1) is 0 Å². The number of hydrogen-bond donors (Lipinski definition) is 2. The minimum absolute atomic E-state index is 0.114. The summed E-state index contributed by atoms with van der Waals surface area (Å²) >= 11 is 3.29. The third kappa shape index (κ3) is 5.29. The van der Waals surface area contributed by atoms with E-state index in [-0.39, 0.29) is 11.7 Å².